The normalized spacial score (nSPS) is 19.0. The smallest absolute Gasteiger partial charge is 0.123 e. The van der Waals surface area contributed by atoms with Crippen LogP contribution in [-0.4, -0.2) is 30.9 Å². The average molecular weight is 267 g/mol. The third-order valence-electron chi connectivity index (χ3n) is 3.50. The molecule has 1 aliphatic heterocycles. The Labute approximate surface area is 113 Å². The molecule has 2 rings (SSSR count). The van der Waals surface area contributed by atoms with Crippen molar-refractivity contribution in [1.82, 2.24) is 5.32 Å². The first-order valence-corrected chi connectivity index (χ1v) is 6.95. The summed E-state index contributed by atoms with van der Waals surface area (Å²) >= 11 is 0. The Hall–Kier alpha value is -1.13. The Morgan fingerprint density at radius 2 is 2.37 bits per heavy atom. The number of benzene rings is 1. The minimum absolute atomic E-state index is 0.104. The van der Waals surface area contributed by atoms with E-state index in [1.54, 1.807) is 12.1 Å². The van der Waals surface area contributed by atoms with Gasteiger partial charge in [-0.25, -0.2) is 4.39 Å². The Bertz CT molecular complexity index is 411. The quantitative estimate of drug-likeness (QED) is 0.744. The minimum Gasteiger partial charge on any atom is -0.488 e. The van der Waals surface area contributed by atoms with Crippen LogP contribution in [0.15, 0.2) is 18.2 Å². The monoisotopic (exact) mass is 267 g/mol. The van der Waals surface area contributed by atoms with Gasteiger partial charge in [-0.05, 0) is 43.5 Å². The lowest BCUT2D eigenvalue weighted by Gasteiger charge is -2.12. The van der Waals surface area contributed by atoms with Gasteiger partial charge in [-0.2, -0.15) is 0 Å². The summed E-state index contributed by atoms with van der Waals surface area (Å²) in [5.74, 6) is 0.979. The van der Waals surface area contributed by atoms with E-state index in [0.717, 1.165) is 43.7 Å². The summed E-state index contributed by atoms with van der Waals surface area (Å²) in [4.78, 5) is 0. The summed E-state index contributed by atoms with van der Waals surface area (Å²) in [5.41, 5.74) is 0.959. The van der Waals surface area contributed by atoms with Gasteiger partial charge in [0.05, 0.1) is 0 Å². The third-order valence-corrected chi connectivity index (χ3v) is 3.50. The molecule has 106 valence electrons. The van der Waals surface area contributed by atoms with Gasteiger partial charge in [-0.15, -0.1) is 0 Å². The largest absolute Gasteiger partial charge is 0.488 e. The number of aliphatic hydroxyl groups excluding tert-OH is 1. The van der Waals surface area contributed by atoms with Crippen LogP contribution >= 0.6 is 0 Å². The molecular weight excluding hydrogens is 245 g/mol. The van der Waals surface area contributed by atoms with Crippen LogP contribution in [0.4, 0.5) is 4.39 Å². The number of aliphatic hydroxyl groups is 1. The summed E-state index contributed by atoms with van der Waals surface area (Å²) in [5, 5.41) is 12.3. The van der Waals surface area contributed by atoms with Crippen molar-refractivity contribution in [3.8, 4) is 5.75 Å². The molecule has 0 bridgehead atoms. The molecular formula is C15H22FNO2. The fourth-order valence-electron chi connectivity index (χ4n) is 2.33. The Balaban J connectivity index is 1.64. The number of halogens is 1. The predicted octanol–water partition coefficient (Wildman–Crippen LogP) is 2.13. The molecule has 1 heterocycles. The van der Waals surface area contributed by atoms with Crippen molar-refractivity contribution in [3.63, 3.8) is 0 Å². The lowest BCUT2D eigenvalue weighted by atomic mass is 10.1. The van der Waals surface area contributed by atoms with E-state index in [2.05, 4.69) is 5.32 Å². The molecule has 2 unspecified atom stereocenters. The van der Waals surface area contributed by atoms with E-state index in [4.69, 9.17) is 9.84 Å². The molecule has 1 aliphatic rings. The highest BCUT2D eigenvalue weighted by Gasteiger charge is 2.22. The SMILES string of the molecule is CC(CO)CCCNCC1Cc2cc(F)ccc2O1. The van der Waals surface area contributed by atoms with E-state index >= 15 is 0 Å². The number of fused-ring (bicyclic) bond motifs is 1. The third kappa shape index (κ3) is 4.18. The summed E-state index contributed by atoms with van der Waals surface area (Å²) in [7, 11) is 0. The highest BCUT2D eigenvalue weighted by atomic mass is 19.1. The van der Waals surface area contributed by atoms with E-state index in [9.17, 15) is 4.39 Å². The maximum atomic E-state index is 13.1. The van der Waals surface area contributed by atoms with Gasteiger partial charge < -0.3 is 15.2 Å². The molecule has 19 heavy (non-hydrogen) atoms. The number of hydrogen-bond acceptors (Lipinski definition) is 3. The summed E-state index contributed by atoms with van der Waals surface area (Å²) < 4.78 is 18.8. The van der Waals surface area contributed by atoms with Crippen LogP contribution in [0.5, 0.6) is 5.75 Å². The highest BCUT2D eigenvalue weighted by Crippen LogP contribution is 2.28. The molecule has 0 aromatic heterocycles. The van der Waals surface area contributed by atoms with Crippen LogP contribution in [0.2, 0.25) is 0 Å². The van der Waals surface area contributed by atoms with Crippen molar-refractivity contribution in [2.45, 2.75) is 32.3 Å². The maximum Gasteiger partial charge on any atom is 0.123 e. The second-order valence-electron chi connectivity index (χ2n) is 5.33. The van der Waals surface area contributed by atoms with Crippen molar-refractivity contribution in [1.29, 1.82) is 0 Å². The second kappa shape index (κ2) is 6.87. The number of ether oxygens (including phenoxy) is 1. The molecule has 2 N–H and O–H groups in total. The molecule has 1 aromatic carbocycles. The summed E-state index contributed by atoms with van der Waals surface area (Å²) in [6.07, 6.45) is 2.95. The van der Waals surface area contributed by atoms with Crippen molar-refractivity contribution >= 4 is 0 Å². The Kier molecular flexibility index (Phi) is 5.16. The first kappa shape index (κ1) is 14.3. The van der Waals surface area contributed by atoms with Gasteiger partial charge in [0, 0.05) is 25.1 Å². The van der Waals surface area contributed by atoms with E-state index in [1.807, 2.05) is 6.92 Å². The van der Waals surface area contributed by atoms with Crippen LogP contribution in [0, 0.1) is 11.7 Å². The minimum atomic E-state index is -0.200. The average Bonchev–Trinajstić information content (AvgIpc) is 2.79. The van der Waals surface area contributed by atoms with Crippen LogP contribution in [0.3, 0.4) is 0 Å². The van der Waals surface area contributed by atoms with E-state index in [1.165, 1.54) is 6.07 Å². The molecule has 0 amide bonds. The van der Waals surface area contributed by atoms with Crippen molar-refractivity contribution in [3.05, 3.63) is 29.6 Å². The van der Waals surface area contributed by atoms with E-state index in [-0.39, 0.29) is 18.5 Å². The molecule has 0 radical (unpaired) electrons. The Morgan fingerprint density at radius 3 is 3.16 bits per heavy atom. The van der Waals surface area contributed by atoms with Gasteiger partial charge in [0.25, 0.3) is 0 Å². The van der Waals surface area contributed by atoms with Gasteiger partial charge in [-0.3, -0.25) is 0 Å². The van der Waals surface area contributed by atoms with Gasteiger partial charge in [0.2, 0.25) is 0 Å². The van der Waals surface area contributed by atoms with Gasteiger partial charge in [0.1, 0.15) is 17.7 Å². The highest BCUT2D eigenvalue weighted by molar-refractivity contribution is 5.37. The predicted molar refractivity (Wildman–Crippen MR) is 72.9 cm³/mol. The molecule has 0 saturated heterocycles. The number of hydrogen-bond donors (Lipinski definition) is 2. The standard InChI is InChI=1S/C15H22FNO2/c1-11(10-18)3-2-6-17-9-14-8-12-7-13(16)4-5-15(12)19-14/h4-5,7,11,14,17-18H,2-3,6,8-10H2,1H3. The fraction of sp³-hybridized carbons (Fsp3) is 0.600. The topological polar surface area (TPSA) is 41.5 Å². The molecule has 4 heteroatoms. The van der Waals surface area contributed by atoms with E-state index in [0.29, 0.717) is 5.92 Å². The molecule has 0 spiro atoms. The second-order valence-corrected chi connectivity index (χ2v) is 5.33. The molecule has 3 nitrogen and oxygen atoms in total. The van der Waals surface area contributed by atoms with Crippen LogP contribution < -0.4 is 10.1 Å². The summed E-state index contributed by atoms with van der Waals surface area (Å²) in [6.45, 7) is 4.01. The molecule has 1 aromatic rings. The van der Waals surface area contributed by atoms with Crippen LogP contribution in [0.1, 0.15) is 25.3 Å². The van der Waals surface area contributed by atoms with Crippen molar-refractivity contribution < 1.29 is 14.2 Å². The van der Waals surface area contributed by atoms with Gasteiger partial charge >= 0.3 is 0 Å². The Morgan fingerprint density at radius 1 is 1.53 bits per heavy atom. The lowest BCUT2D eigenvalue weighted by molar-refractivity contribution is 0.219. The van der Waals surface area contributed by atoms with Gasteiger partial charge in [0.15, 0.2) is 0 Å². The first-order valence-electron chi connectivity index (χ1n) is 6.95. The number of rotatable bonds is 7. The van der Waals surface area contributed by atoms with Crippen molar-refractivity contribution in [2.24, 2.45) is 5.92 Å². The van der Waals surface area contributed by atoms with E-state index < -0.39 is 0 Å². The zero-order valence-corrected chi connectivity index (χ0v) is 11.4. The van der Waals surface area contributed by atoms with Crippen molar-refractivity contribution in [2.75, 3.05) is 19.7 Å². The zero-order chi connectivity index (χ0) is 13.7. The molecule has 0 aliphatic carbocycles. The molecule has 0 fully saturated rings. The lowest BCUT2D eigenvalue weighted by Crippen LogP contribution is -2.30. The number of nitrogens with one attached hydrogen (secondary N) is 1. The summed E-state index contributed by atoms with van der Waals surface area (Å²) in [6, 6.07) is 4.69. The van der Waals surface area contributed by atoms with Crippen LogP contribution in [0.25, 0.3) is 0 Å². The van der Waals surface area contributed by atoms with Crippen LogP contribution in [-0.2, 0) is 6.42 Å². The molecule has 2 atom stereocenters. The molecule has 0 saturated carbocycles. The van der Waals surface area contributed by atoms with Gasteiger partial charge in [-0.1, -0.05) is 6.92 Å². The fourth-order valence-corrected chi connectivity index (χ4v) is 2.33. The zero-order valence-electron chi connectivity index (χ0n) is 11.4. The first-order chi connectivity index (χ1) is 9.19. The maximum absolute atomic E-state index is 13.1.